The van der Waals surface area contributed by atoms with Gasteiger partial charge in [0.25, 0.3) is 0 Å². The second-order valence-corrected chi connectivity index (χ2v) is 4.37. The van der Waals surface area contributed by atoms with Crippen LogP contribution in [-0.4, -0.2) is 5.78 Å². The second-order valence-electron chi connectivity index (χ2n) is 3.56. The van der Waals surface area contributed by atoms with Crippen LogP contribution >= 0.6 is 23.2 Å². The molecular weight excluding hydrogens is 247 g/mol. The van der Waals surface area contributed by atoms with Crippen LogP contribution < -0.4 is 0 Å². The predicted octanol–water partition coefficient (Wildman–Crippen LogP) is 4.72. The van der Waals surface area contributed by atoms with Gasteiger partial charge in [-0.1, -0.05) is 30.1 Å². The van der Waals surface area contributed by atoms with E-state index in [1.165, 1.54) is 0 Å². The molecule has 0 aliphatic rings. The fourth-order valence-electron chi connectivity index (χ4n) is 1.55. The SMILES string of the molecule is CCCC(=O)c1cc2c(Cl)ccc(Cl)c2o1. The Morgan fingerprint density at radius 1 is 1.31 bits per heavy atom. The molecule has 0 fully saturated rings. The van der Waals surface area contributed by atoms with Crippen molar-refractivity contribution in [3.63, 3.8) is 0 Å². The zero-order valence-electron chi connectivity index (χ0n) is 8.72. The third kappa shape index (κ3) is 1.95. The number of hydrogen-bond donors (Lipinski definition) is 0. The van der Waals surface area contributed by atoms with Crippen molar-refractivity contribution in [1.29, 1.82) is 0 Å². The number of hydrogen-bond acceptors (Lipinski definition) is 2. The van der Waals surface area contributed by atoms with Gasteiger partial charge >= 0.3 is 0 Å². The average molecular weight is 257 g/mol. The van der Waals surface area contributed by atoms with E-state index in [0.717, 1.165) is 6.42 Å². The van der Waals surface area contributed by atoms with E-state index < -0.39 is 0 Å². The first-order valence-corrected chi connectivity index (χ1v) is 5.79. The number of furan rings is 1. The third-order valence-electron chi connectivity index (χ3n) is 2.33. The molecule has 0 bridgehead atoms. The standard InChI is InChI=1S/C12H10Cl2O2/c1-2-3-10(15)11-6-7-8(13)4-5-9(14)12(7)16-11/h4-6H,2-3H2,1H3. The van der Waals surface area contributed by atoms with Crippen LogP contribution in [0.5, 0.6) is 0 Å². The number of carbonyl (C=O) groups excluding carboxylic acids is 1. The molecule has 0 aliphatic carbocycles. The van der Waals surface area contributed by atoms with E-state index in [9.17, 15) is 4.79 Å². The monoisotopic (exact) mass is 256 g/mol. The molecule has 0 spiro atoms. The molecule has 2 rings (SSSR count). The van der Waals surface area contributed by atoms with Gasteiger partial charge in [0.1, 0.15) is 0 Å². The summed E-state index contributed by atoms with van der Waals surface area (Å²) in [7, 11) is 0. The van der Waals surface area contributed by atoms with Crippen molar-refractivity contribution in [2.75, 3.05) is 0 Å². The van der Waals surface area contributed by atoms with Crippen molar-refractivity contribution in [2.45, 2.75) is 19.8 Å². The van der Waals surface area contributed by atoms with Crippen LogP contribution in [0.2, 0.25) is 10.0 Å². The Morgan fingerprint density at radius 2 is 2.00 bits per heavy atom. The van der Waals surface area contributed by atoms with Gasteiger partial charge in [-0.2, -0.15) is 0 Å². The van der Waals surface area contributed by atoms with Gasteiger partial charge in [-0.3, -0.25) is 4.79 Å². The molecular formula is C12H10Cl2O2. The molecule has 84 valence electrons. The Bertz CT molecular complexity index is 504. The van der Waals surface area contributed by atoms with Crippen molar-refractivity contribution in [3.8, 4) is 0 Å². The largest absolute Gasteiger partial charge is 0.451 e. The molecule has 1 aromatic carbocycles. The summed E-state index contributed by atoms with van der Waals surface area (Å²) in [5.41, 5.74) is 0.480. The molecule has 0 saturated carbocycles. The summed E-state index contributed by atoms with van der Waals surface area (Å²) in [6.45, 7) is 1.94. The van der Waals surface area contributed by atoms with E-state index in [2.05, 4.69) is 0 Å². The van der Waals surface area contributed by atoms with Crippen molar-refractivity contribution >= 4 is 40.0 Å². The molecule has 0 atom stereocenters. The Labute approximate surface area is 103 Å². The van der Waals surface area contributed by atoms with Crippen molar-refractivity contribution in [3.05, 3.63) is 34.0 Å². The summed E-state index contributed by atoms with van der Waals surface area (Å²) in [5, 5.41) is 1.70. The van der Waals surface area contributed by atoms with Crippen LogP contribution in [0.25, 0.3) is 11.0 Å². The first-order chi connectivity index (χ1) is 7.63. The van der Waals surface area contributed by atoms with Crippen LogP contribution in [0.1, 0.15) is 30.3 Å². The summed E-state index contributed by atoms with van der Waals surface area (Å²) in [5.74, 6) is 0.303. The van der Waals surface area contributed by atoms with Crippen molar-refractivity contribution in [2.24, 2.45) is 0 Å². The fourth-order valence-corrected chi connectivity index (χ4v) is 1.95. The van der Waals surface area contributed by atoms with Crippen LogP contribution in [0.3, 0.4) is 0 Å². The molecule has 16 heavy (non-hydrogen) atoms. The van der Waals surface area contributed by atoms with Gasteiger partial charge in [-0.15, -0.1) is 0 Å². The molecule has 2 aromatic rings. The Morgan fingerprint density at radius 3 is 2.62 bits per heavy atom. The lowest BCUT2D eigenvalue weighted by Gasteiger charge is -1.93. The van der Waals surface area contributed by atoms with Crippen LogP contribution in [0.4, 0.5) is 0 Å². The number of Topliss-reactive ketones (excluding diaryl/α,β-unsaturated/α-hetero) is 1. The smallest absolute Gasteiger partial charge is 0.198 e. The quantitative estimate of drug-likeness (QED) is 0.744. The van der Waals surface area contributed by atoms with E-state index in [4.69, 9.17) is 27.6 Å². The summed E-state index contributed by atoms with van der Waals surface area (Å²) in [6, 6.07) is 5.00. The van der Waals surface area contributed by atoms with E-state index in [-0.39, 0.29) is 5.78 Å². The molecule has 2 nitrogen and oxygen atoms in total. The maximum absolute atomic E-state index is 11.7. The molecule has 0 amide bonds. The molecule has 0 N–H and O–H groups in total. The molecule has 0 radical (unpaired) electrons. The highest BCUT2D eigenvalue weighted by molar-refractivity contribution is 6.39. The number of halogens is 2. The summed E-state index contributed by atoms with van der Waals surface area (Å²) in [6.07, 6.45) is 1.26. The Kier molecular flexibility index (Phi) is 3.22. The fraction of sp³-hybridized carbons (Fsp3) is 0.250. The first-order valence-electron chi connectivity index (χ1n) is 5.04. The van der Waals surface area contributed by atoms with Gasteiger partial charge in [-0.05, 0) is 24.6 Å². The summed E-state index contributed by atoms with van der Waals surface area (Å²) in [4.78, 5) is 11.7. The zero-order chi connectivity index (χ0) is 11.7. The maximum Gasteiger partial charge on any atom is 0.198 e. The highest BCUT2D eigenvalue weighted by atomic mass is 35.5. The van der Waals surface area contributed by atoms with E-state index >= 15 is 0 Å². The van der Waals surface area contributed by atoms with Gasteiger partial charge in [0.2, 0.25) is 0 Å². The highest BCUT2D eigenvalue weighted by Gasteiger charge is 2.14. The summed E-state index contributed by atoms with van der Waals surface area (Å²) >= 11 is 12.0. The van der Waals surface area contributed by atoms with Crippen LogP contribution in [0.15, 0.2) is 22.6 Å². The van der Waals surface area contributed by atoms with E-state index in [1.54, 1.807) is 18.2 Å². The molecule has 1 heterocycles. The summed E-state index contributed by atoms with van der Waals surface area (Å²) < 4.78 is 5.43. The Hall–Kier alpha value is -0.990. The Balaban J connectivity index is 2.55. The molecule has 4 heteroatoms. The minimum atomic E-state index is -0.0224. The number of benzene rings is 1. The number of fused-ring (bicyclic) bond motifs is 1. The lowest BCUT2D eigenvalue weighted by molar-refractivity contribution is 0.0957. The van der Waals surface area contributed by atoms with Crippen molar-refractivity contribution in [1.82, 2.24) is 0 Å². The van der Waals surface area contributed by atoms with Gasteiger partial charge in [-0.25, -0.2) is 0 Å². The molecule has 0 aliphatic heterocycles. The lowest BCUT2D eigenvalue weighted by Crippen LogP contribution is -1.94. The van der Waals surface area contributed by atoms with Crippen molar-refractivity contribution < 1.29 is 9.21 Å². The molecule has 0 unspecified atom stereocenters. The minimum Gasteiger partial charge on any atom is -0.451 e. The molecule has 0 saturated heterocycles. The average Bonchev–Trinajstić information content (AvgIpc) is 2.70. The number of carbonyl (C=O) groups is 1. The minimum absolute atomic E-state index is 0.0224. The molecule has 1 aromatic heterocycles. The topological polar surface area (TPSA) is 30.2 Å². The van der Waals surface area contributed by atoms with Gasteiger partial charge in [0.15, 0.2) is 17.1 Å². The van der Waals surface area contributed by atoms with Crippen LogP contribution in [-0.2, 0) is 0 Å². The number of ketones is 1. The first kappa shape index (κ1) is 11.5. The zero-order valence-corrected chi connectivity index (χ0v) is 10.2. The highest BCUT2D eigenvalue weighted by Crippen LogP contribution is 2.32. The second kappa shape index (κ2) is 4.48. The van der Waals surface area contributed by atoms with E-state index in [0.29, 0.717) is 33.2 Å². The van der Waals surface area contributed by atoms with Gasteiger partial charge < -0.3 is 4.42 Å². The lowest BCUT2D eigenvalue weighted by atomic mass is 10.2. The van der Waals surface area contributed by atoms with Crippen LogP contribution in [0, 0.1) is 0 Å². The number of rotatable bonds is 3. The normalized spacial score (nSPS) is 10.9. The van der Waals surface area contributed by atoms with Gasteiger partial charge in [0.05, 0.1) is 10.0 Å². The predicted molar refractivity (Wildman–Crippen MR) is 65.5 cm³/mol. The third-order valence-corrected chi connectivity index (χ3v) is 2.96. The van der Waals surface area contributed by atoms with Gasteiger partial charge in [0, 0.05) is 11.8 Å². The van der Waals surface area contributed by atoms with E-state index in [1.807, 2.05) is 6.92 Å². The maximum atomic E-state index is 11.7.